The molecule has 0 bridgehead atoms. The Bertz CT molecular complexity index is 1370. The van der Waals surface area contributed by atoms with Gasteiger partial charge in [-0.2, -0.15) is 0 Å². The number of hydrogen-bond donors (Lipinski definition) is 1. The normalized spacial score (nSPS) is 18.6. The van der Waals surface area contributed by atoms with Gasteiger partial charge in [-0.05, 0) is 47.2 Å². The van der Waals surface area contributed by atoms with E-state index in [0.717, 1.165) is 11.3 Å². The van der Waals surface area contributed by atoms with Crippen molar-refractivity contribution in [3.63, 3.8) is 0 Å². The number of hydrogen-bond acceptors (Lipinski definition) is 5. The van der Waals surface area contributed by atoms with Crippen molar-refractivity contribution in [2.45, 2.75) is 46.3 Å². The number of amides is 1. The number of ether oxygens (including phenoxy) is 1. The maximum atomic E-state index is 13.6. The van der Waals surface area contributed by atoms with E-state index in [0.29, 0.717) is 52.9 Å². The summed E-state index contributed by atoms with van der Waals surface area (Å²) in [6.45, 7) is 6.05. The van der Waals surface area contributed by atoms with E-state index in [1.165, 1.54) is 6.92 Å². The van der Waals surface area contributed by atoms with Crippen LogP contribution in [0.25, 0.3) is 0 Å². The molecule has 3 aromatic rings. The zero-order valence-electron chi connectivity index (χ0n) is 20.5. The minimum Gasteiger partial charge on any atom is -0.489 e. The molecule has 1 aliphatic carbocycles. The number of fused-ring (bicyclic) bond motifs is 1. The molecule has 5 rings (SSSR count). The minimum absolute atomic E-state index is 0.00160. The second kappa shape index (κ2) is 9.43. The number of halogens is 1. The number of Topliss-reactive ketones (excluding diaryl/α,β-unsaturated/α-hetero) is 1. The predicted octanol–water partition coefficient (Wildman–Crippen LogP) is 6.48. The molecule has 7 heteroatoms. The molecule has 0 fully saturated rings. The quantitative estimate of drug-likeness (QED) is 0.443. The Morgan fingerprint density at radius 3 is 2.64 bits per heavy atom. The maximum Gasteiger partial charge on any atom is 0.225 e. The smallest absolute Gasteiger partial charge is 0.225 e. The first-order chi connectivity index (χ1) is 17.2. The summed E-state index contributed by atoms with van der Waals surface area (Å²) in [4.78, 5) is 32.8. The van der Waals surface area contributed by atoms with Crippen LogP contribution >= 0.6 is 11.6 Å². The van der Waals surface area contributed by atoms with Crippen molar-refractivity contribution in [2.75, 3.05) is 10.2 Å². The number of anilines is 2. The fourth-order valence-electron chi connectivity index (χ4n) is 5.05. The molecule has 0 saturated heterocycles. The zero-order chi connectivity index (χ0) is 25.4. The molecule has 0 radical (unpaired) electrons. The molecule has 6 nitrogen and oxygen atoms in total. The number of allylic oxidation sites excluding steroid dienone is 1. The van der Waals surface area contributed by atoms with Crippen LogP contribution in [0.2, 0.25) is 5.02 Å². The Morgan fingerprint density at radius 2 is 1.92 bits per heavy atom. The molecule has 1 N–H and O–H groups in total. The summed E-state index contributed by atoms with van der Waals surface area (Å²) in [7, 11) is 0. The Labute approximate surface area is 215 Å². The average molecular weight is 502 g/mol. The van der Waals surface area contributed by atoms with E-state index < -0.39 is 6.04 Å². The van der Waals surface area contributed by atoms with Crippen LogP contribution in [0.15, 0.2) is 78.1 Å². The van der Waals surface area contributed by atoms with Crippen LogP contribution in [-0.4, -0.2) is 16.7 Å². The number of carbonyl (C=O) groups excluding carboxylic acids is 2. The lowest BCUT2D eigenvalue weighted by atomic mass is 9.73. The topological polar surface area (TPSA) is 71.5 Å². The first-order valence-corrected chi connectivity index (χ1v) is 12.4. The van der Waals surface area contributed by atoms with Gasteiger partial charge in [-0.25, -0.2) is 4.98 Å². The summed E-state index contributed by atoms with van der Waals surface area (Å²) in [6, 6.07) is 18.3. The summed E-state index contributed by atoms with van der Waals surface area (Å²) in [6.07, 6.45) is 2.70. The van der Waals surface area contributed by atoms with Crippen molar-refractivity contribution in [2.24, 2.45) is 5.41 Å². The van der Waals surface area contributed by atoms with Crippen LogP contribution in [0.1, 0.15) is 50.8 Å². The molecule has 36 heavy (non-hydrogen) atoms. The molecule has 1 aromatic heterocycles. The molecule has 0 spiro atoms. The van der Waals surface area contributed by atoms with Crippen molar-refractivity contribution < 1.29 is 14.3 Å². The minimum atomic E-state index is -0.708. The second-order valence-corrected chi connectivity index (χ2v) is 10.5. The predicted molar refractivity (Wildman–Crippen MR) is 141 cm³/mol. The number of ketones is 1. The second-order valence-electron chi connectivity index (χ2n) is 10.1. The van der Waals surface area contributed by atoms with Crippen LogP contribution in [0, 0.1) is 5.41 Å². The summed E-state index contributed by atoms with van der Waals surface area (Å²) in [5.74, 6) is 0.847. The van der Waals surface area contributed by atoms with Gasteiger partial charge in [-0.1, -0.05) is 61.8 Å². The highest BCUT2D eigenvalue weighted by molar-refractivity contribution is 6.31. The van der Waals surface area contributed by atoms with Crippen LogP contribution in [0.5, 0.6) is 5.75 Å². The van der Waals surface area contributed by atoms with Crippen molar-refractivity contribution in [1.82, 2.24) is 4.98 Å². The lowest BCUT2D eigenvalue weighted by Gasteiger charge is -2.36. The van der Waals surface area contributed by atoms with Crippen LogP contribution in [0.4, 0.5) is 11.5 Å². The van der Waals surface area contributed by atoms with Crippen LogP contribution in [0.3, 0.4) is 0 Å². The van der Waals surface area contributed by atoms with Crippen molar-refractivity contribution in [1.29, 1.82) is 0 Å². The highest BCUT2D eigenvalue weighted by Gasteiger charge is 2.43. The molecule has 184 valence electrons. The Kier molecular flexibility index (Phi) is 6.31. The number of benzene rings is 2. The van der Waals surface area contributed by atoms with Gasteiger partial charge in [0.1, 0.15) is 12.4 Å². The molecule has 1 unspecified atom stereocenters. The first kappa shape index (κ1) is 24.1. The molecule has 1 aliphatic heterocycles. The van der Waals surface area contributed by atoms with E-state index in [1.807, 2.05) is 54.6 Å². The SMILES string of the molecule is CC(=O)N1c2ncccc2NC2=C(C(=O)CC(C)(C)C2)C1c1ccc(OCc2ccccc2)cc1Cl. The molecule has 0 saturated carbocycles. The maximum absolute atomic E-state index is 13.6. The van der Waals surface area contributed by atoms with Crippen molar-refractivity contribution in [3.05, 3.63) is 94.3 Å². The average Bonchev–Trinajstić information content (AvgIpc) is 2.97. The molecule has 2 aromatic carbocycles. The van der Waals surface area contributed by atoms with Crippen molar-refractivity contribution in [3.8, 4) is 5.75 Å². The summed E-state index contributed by atoms with van der Waals surface area (Å²) in [5, 5.41) is 3.85. The number of rotatable bonds is 4. The summed E-state index contributed by atoms with van der Waals surface area (Å²) >= 11 is 6.84. The molecule has 1 amide bonds. The molecular weight excluding hydrogens is 474 g/mol. The van der Waals surface area contributed by atoms with E-state index in [9.17, 15) is 9.59 Å². The van der Waals surface area contributed by atoms with Gasteiger partial charge in [0.25, 0.3) is 0 Å². The number of nitrogens with zero attached hydrogens (tertiary/aromatic N) is 2. The third-order valence-electron chi connectivity index (χ3n) is 6.61. The Hall–Kier alpha value is -3.64. The lowest BCUT2D eigenvalue weighted by Crippen LogP contribution is -2.39. The van der Waals surface area contributed by atoms with E-state index in [2.05, 4.69) is 24.1 Å². The fraction of sp³-hybridized carbons (Fsp3) is 0.276. The monoisotopic (exact) mass is 501 g/mol. The van der Waals surface area contributed by atoms with Gasteiger partial charge in [-0.15, -0.1) is 0 Å². The first-order valence-electron chi connectivity index (χ1n) is 12.0. The number of carbonyl (C=O) groups is 2. The fourth-order valence-corrected chi connectivity index (χ4v) is 5.32. The Morgan fingerprint density at radius 1 is 1.14 bits per heavy atom. The largest absolute Gasteiger partial charge is 0.489 e. The third-order valence-corrected chi connectivity index (χ3v) is 6.93. The van der Waals surface area contributed by atoms with Gasteiger partial charge in [0.05, 0.1) is 11.7 Å². The van der Waals surface area contributed by atoms with E-state index in [4.69, 9.17) is 16.3 Å². The molecule has 1 atom stereocenters. The highest BCUT2D eigenvalue weighted by Crippen LogP contribution is 2.49. The van der Waals surface area contributed by atoms with Gasteiger partial charge in [-0.3, -0.25) is 14.5 Å². The molecule has 2 aliphatic rings. The van der Waals surface area contributed by atoms with Gasteiger partial charge in [0.2, 0.25) is 5.91 Å². The zero-order valence-corrected chi connectivity index (χ0v) is 21.3. The van der Waals surface area contributed by atoms with Crippen LogP contribution < -0.4 is 15.0 Å². The number of nitrogens with one attached hydrogen (secondary N) is 1. The number of aromatic nitrogens is 1. The van der Waals surface area contributed by atoms with Gasteiger partial charge >= 0.3 is 0 Å². The van der Waals surface area contributed by atoms with E-state index >= 15 is 0 Å². The van der Waals surface area contributed by atoms with Crippen molar-refractivity contribution >= 4 is 34.8 Å². The highest BCUT2D eigenvalue weighted by atomic mass is 35.5. The lowest BCUT2D eigenvalue weighted by molar-refractivity contribution is -0.118. The summed E-state index contributed by atoms with van der Waals surface area (Å²) < 4.78 is 5.96. The van der Waals surface area contributed by atoms with E-state index in [-0.39, 0.29) is 17.1 Å². The van der Waals surface area contributed by atoms with E-state index in [1.54, 1.807) is 17.2 Å². The summed E-state index contributed by atoms with van der Waals surface area (Å²) in [5.41, 5.74) is 3.54. The molecular formula is C29H28ClN3O3. The molecule has 2 heterocycles. The third kappa shape index (κ3) is 4.61. The van der Waals surface area contributed by atoms with Gasteiger partial charge in [0, 0.05) is 35.8 Å². The Balaban J connectivity index is 1.60. The van der Waals surface area contributed by atoms with Gasteiger partial charge < -0.3 is 10.1 Å². The number of pyridine rings is 1. The van der Waals surface area contributed by atoms with Crippen LogP contribution in [-0.2, 0) is 16.2 Å². The van der Waals surface area contributed by atoms with Gasteiger partial charge in [0.15, 0.2) is 11.6 Å². The standard InChI is InChI=1S/C29H28ClN3O3/c1-18(34)33-27(21-12-11-20(14-22(21)30)36-17-19-8-5-4-6-9-19)26-24(15-29(2,3)16-25(26)35)32-23-10-7-13-31-28(23)33/h4-14,27,32H,15-17H2,1-3H3.